The molecule has 2 rings (SSSR count). The molecule has 0 saturated heterocycles. The van der Waals surface area contributed by atoms with E-state index in [1.165, 1.54) is 0 Å². The second kappa shape index (κ2) is 4.04. The first-order valence-electron chi connectivity index (χ1n) is 4.73. The lowest BCUT2D eigenvalue weighted by atomic mass is 10.3. The highest BCUT2D eigenvalue weighted by atomic mass is 16.5. The largest absolute Gasteiger partial charge is 0.478 e. The van der Waals surface area contributed by atoms with Gasteiger partial charge in [0, 0.05) is 19.0 Å². The molecule has 0 saturated carbocycles. The van der Waals surface area contributed by atoms with E-state index < -0.39 is 5.97 Å². The van der Waals surface area contributed by atoms with Crippen molar-refractivity contribution in [2.24, 2.45) is 0 Å². The van der Waals surface area contributed by atoms with Crippen LogP contribution in [0.25, 0.3) is 0 Å². The van der Waals surface area contributed by atoms with Gasteiger partial charge >= 0.3 is 5.97 Å². The van der Waals surface area contributed by atoms with Gasteiger partial charge in [0.1, 0.15) is 0 Å². The van der Waals surface area contributed by atoms with Gasteiger partial charge in [-0.05, 0) is 6.07 Å². The fraction of sp³-hybridized carbons (Fsp3) is 0.500. The Bertz CT molecular complexity index is 371. The van der Waals surface area contributed by atoms with Crippen molar-refractivity contribution in [1.82, 2.24) is 4.57 Å². The highest BCUT2D eigenvalue weighted by Gasteiger charge is 2.20. The summed E-state index contributed by atoms with van der Waals surface area (Å²) in [7, 11) is 1.62. The second-order valence-electron chi connectivity index (χ2n) is 3.57. The van der Waals surface area contributed by atoms with Crippen molar-refractivity contribution in [2.75, 3.05) is 13.7 Å². The Labute approximate surface area is 87.2 Å². The zero-order valence-corrected chi connectivity index (χ0v) is 8.47. The third kappa shape index (κ3) is 2.03. The van der Waals surface area contributed by atoms with Crippen LogP contribution in [0.5, 0.6) is 0 Å². The number of aromatic nitrogens is 1. The molecule has 5 nitrogen and oxygen atoms in total. The van der Waals surface area contributed by atoms with Gasteiger partial charge in [-0.3, -0.25) is 0 Å². The minimum Gasteiger partial charge on any atom is -0.478 e. The molecule has 0 unspecified atom stereocenters. The Morgan fingerprint density at radius 3 is 3.27 bits per heavy atom. The van der Waals surface area contributed by atoms with Crippen molar-refractivity contribution in [3.8, 4) is 0 Å². The van der Waals surface area contributed by atoms with E-state index in [1.807, 2.05) is 4.57 Å². The molecule has 0 fully saturated rings. The van der Waals surface area contributed by atoms with Gasteiger partial charge in [0.25, 0.3) is 0 Å². The van der Waals surface area contributed by atoms with Crippen LogP contribution in [-0.2, 0) is 22.6 Å². The van der Waals surface area contributed by atoms with E-state index in [9.17, 15) is 4.79 Å². The standard InChI is InChI=1S/C10H13NO4/c1-14-6-9-4-11-3-7(10(12)13)2-8(11)5-15-9/h2-3,9H,4-6H2,1H3,(H,12,13)/t9-/m1/s1. The van der Waals surface area contributed by atoms with Crippen LogP contribution in [0, 0.1) is 0 Å². The zero-order valence-electron chi connectivity index (χ0n) is 8.47. The first-order valence-corrected chi connectivity index (χ1v) is 4.73. The number of rotatable bonds is 3. The van der Waals surface area contributed by atoms with Gasteiger partial charge in [-0.2, -0.15) is 0 Å². The topological polar surface area (TPSA) is 60.7 Å². The molecule has 1 aliphatic heterocycles. The number of carbonyl (C=O) groups is 1. The molecule has 1 N–H and O–H groups in total. The summed E-state index contributed by atoms with van der Waals surface area (Å²) in [5.74, 6) is -0.903. The van der Waals surface area contributed by atoms with E-state index >= 15 is 0 Å². The summed E-state index contributed by atoms with van der Waals surface area (Å²) in [6.07, 6.45) is 1.65. The van der Waals surface area contributed by atoms with Crippen LogP contribution in [0.15, 0.2) is 12.3 Å². The molecule has 15 heavy (non-hydrogen) atoms. The van der Waals surface area contributed by atoms with E-state index in [0.717, 1.165) is 5.69 Å². The first-order chi connectivity index (χ1) is 7.20. The number of nitrogens with zero attached hydrogens (tertiary/aromatic N) is 1. The lowest BCUT2D eigenvalue weighted by Crippen LogP contribution is -2.30. The quantitative estimate of drug-likeness (QED) is 0.800. The molecule has 0 amide bonds. The minimum absolute atomic E-state index is 0.0107. The average Bonchev–Trinajstić information content (AvgIpc) is 2.61. The highest BCUT2D eigenvalue weighted by Crippen LogP contribution is 2.17. The zero-order chi connectivity index (χ0) is 10.8. The van der Waals surface area contributed by atoms with Crippen molar-refractivity contribution in [3.05, 3.63) is 23.5 Å². The summed E-state index contributed by atoms with van der Waals surface area (Å²) in [6, 6.07) is 1.64. The molecule has 1 aromatic heterocycles. The summed E-state index contributed by atoms with van der Waals surface area (Å²) in [6.45, 7) is 1.62. The number of carboxylic acids is 1. The van der Waals surface area contributed by atoms with Crippen LogP contribution in [0.2, 0.25) is 0 Å². The molecule has 1 aromatic rings. The number of hydrogen-bond acceptors (Lipinski definition) is 3. The molecule has 0 radical (unpaired) electrons. The van der Waals surface area contributed by atoms with E-state index in [0.29, 0.717) is 25.3 Å². The number of hydrogen-bond donors (Lipinski definition) is 1. The summed E-state index contributed by atoms with van der Waals surface area (Å²) in [5.41, 5.74) is 1.21. The molecule has 1 aliphatic rings. The fourth-order valence-corrected chi connectivity index (χ4v) is 1.72. The Hall–Kier alpha value is -1.33. The first kappa shape index (κ1) is 10.2. The van der Waals surface area contributed by atoms with Gasteiger partial charge in [0.2, 0.25) is 0 Å². The molecular formula is C10H13NO4. The highest BCUT2D eigenvalue weighted by molar-refractivity contribution is 5.87. The molecule has 0 aliphatic carbocycles. The van der Waals surface area contributed by atoms with Crippen molar-refractivity contribution in [2.45, 2.75) is 19.3 Å². The van der Waals surface area contributed by atoms with Crippen LogP contribution in [0.4, 0.5) is 0 Å². The Morgan fingerprint density at radius 2 is 2.60 bits per heavy atom. The van der Waals surface area contributed by atoms with Crippen LogP contribution in [0.1, 0.15) is 16.1 Å². The maximum atomic E-state index is 10.7. The van der Waals surface area contributed by atoms with Gasteiger partial charge in [-0.1, -0.05) is 0 Å². The van der Waals surface area contributed by atoms with Gasteiger partial charge in [-0.25, -0.2) is 4.79 Å². The van der Waals surface area contributed by atoms with E-state index in [2.05, 4.69) is 0 Å². The number of fused-ring (bicyclic) bond motifs is 1. The van der Waals surface area contributed by atoms with Gasteiger partial charge in [-0.15, -0.1) is 0 Å². The van der Waals surface area contributed by atoms with Crippen molar-refractivity contribution in [3.63, 3.8) is 0 Å². The maximum absolute atomic E-state index is 10.7. The van der Waals surface area contributed by atoms with Gasteiger partial charge < -0.3 is 19.1 Å². The Kier molecular flexibility index (Phi) is 2.75. The number of aromatic carboxylic acids is 1. The van der Waals surface area contributed by atoms with Crippen LogP contribution in [0.3, 0.4) is 0 Å². The van der Waals surface area contributed by atoms with Crippen LogP contribution in [-0.4, -0.2) is 35.5 Å². The molecule has 0 bridgehead atoms. The Morgan fingerprint density at radius 1 is 1.80 bits per heavy atom. The van der Waals surface area contributed by atoms with Crippen molar-refractivity contribution < 1.29 is 19.4 Å². The molecule has 0 aromatic carbocycles. The van der Waals surface area contributed by atoms with E-state index in [1.54, 1.807) is 19.4 Å². The molecule has 5 heteroatoms. The lowest BCUT2D eigenvalue weighted by Gasteiger charge is -2.24. The average molecular weight is 211 g/mol. The molecular weight excluding hydrogens is 198 g/mol. The third-order valence-electron chi connectivity index (χ3n) is 2.45. The smallest absolute Gasteiger partial charge is 0.337 e. The fourth-order valence-electron chi connectivity index (χ4n) is 1.72. The van der Waals surface area contributed by atoms with E-state index in [-0.39, 0.29) is 6.10 Å². The summed E-state index contributed by atoms with van der Waals surface area (Å²) in [5, 5.41) is 8.82. The third-order valence-corrected chi connectivity index (χ3v) is 2.45. The van der Waals surface area contributed by atoms with Crippen LogP contribution < -0.4 is 0 Å². The molecule has 2 heterocycles. The monoisotopic (exact) mass is 211 g/mol. The maximum Gasteiger partial charge on any atom is 0.337 e. The van der Waals surface area contributed by atoms with Gasteiger partial charge in [0.05, 0.1) is 31.4 Å². The van der Waals surface area contributed by atoms with Crippen molar-refractivity contribution >= 4 is 5.97 Å². The summed E-state index contributed by atoms with van der Waals surface area (Å²) >= 11 is 0. The number of ether oxygens (including phenoxy) is 2. The second-order valence-corrected chi connectivity index (χ2v) is 3.57. The Balaban J connectivity index is 2.15. The summed E-state index contributed by atoms with van der Waals surface area (Å²) in [4.78, 5) is 10.7. The molecule has 0 spiro atoms. The van der Waals surface area contributed by atoms with E-state index in [4.69, 9.17) is 14.6 Å². The van der Waals surface area contributed by atoms with Gasteiger partial charge in [0.15, 0.2) is 0 Å². The van der Waals surface area contributed by atoms with Crippen molar-refractivity contribution in [1.29, 1.82) is 0 Å². The summed E-state index contributed by atoms with van der Waals surface area (Å²) < 4.78 is 12.4. The molecule has 1 atom stereocenters. The minimum atomic E-state index is -0.903. The lowest BCUT2D eigenvalue weighted by molar-refractivity contribution is -0.0382. The predicted molar refractivity (Wildman–Crippen MR) is 51.8 cm³/mol. The number of methoxy groups -OCH3 is 1. The predicted octanol–water partition coefficient (Wildman–Crippen LogP) is 0.732. The SMILES string of the molecule is COC[C@H]1Cn2cc(C(=O)O)cc2CO1. The number of carboxylic acid groups (broad SMARTS) is 1. The molecule has 82 valence electrons. The normalized spacial score (nSPS) is 19.9. The van der Waals surface area contributed by atoms with Crippen LogP contribution >= 0.6 is 0 Å².